The molecule has 0 aliphatic rings. The standard InChI is InChI=1S/C9H8BrNO3/c1-6-2-3-7(11(13)14)4-8(6)9(12)5-10/h2-4H,5H2,1H3. The molecule has 4 nitrogen and oxygen atoms in total. The van der Waals surface area contributed by atoms with Crippen LogP contribution in [0.1, 0.15) is 15.9 Å². The van der Waals surface area contributed by atoms with Gasteiger partial charge in [0.25, 0.3) is 5.69 Å². The number of nitrogens with zero attached hydrogens (tertiary/aromatic N) is 1. The van der Waals surface area contributed by atoms with Crippen molar-refractivity contribution in [2.75, 3.05) is 5.33 Å². The molecule has 0 amide bonds. The topological polar surface area (TPSA) is 60.2 Å². The molecule has 14 heavy (non-hydrogen) atoms. The van der Waals surface area contributed by atoms with Gasteiger partial charge in [0.05, 0.1) is 10.3 Å². The molecule has 74 valence electrons. The summed E-state index contributed by atoms with van der Waals surface area (Å²) in [6.07, 6.45) is 0. The molecule has 0 atom stereocenters. The van der Waals surface area contributed by atoms with Gasteiger partial charge in [-0.15, -0.1) is 0 Å². The molecular weight excluding hydrogens is 250 g/mol. The Morgan fingerprint density at radius 1 is 1.57 bits per heavy atom. The van der Waals surface area contributed by atoms with Gasteiger partial charge in [-0.1, -0.05) is 22.0 Å². The van der Waals surface area contributed by atoms with Crippen LogP contribution in [-0.2, 0) is 0 Å². The van der Waals surface area contributed by atoms with Crippen molar-refractivity contribution in [1.82, 2.24) is 0 Å². The Morgan fingerprint density at radius 3 is 2.71 bits per heavy atom. The van der Waals surface area contributed by atoms with Crippen LogP contribution in [0.4, 0.5) is 5.69 Å². The lowest BCUT2D eigenvalue weighted by atomic mass is 10.1. The molecule has 1 rings (SSSR count). The van der Waals surface area contributed by atoms with Crippen molar-refractivity contribution >= 4 is 27.4 Å². The maximum atomic E-state index is 11.3. The minimum Gasteiger partial charge on any atom is -0.293 e. The number of benzene rings is 1. The Bertz CT molecular complexity index is 390. The normalized spacial score (nSPS) is 9.86. The summed E-state index contributed by atoms with van der Waals surface area (Å²) in [5.74, 6) is -0.147. The zero-order chi connectivity index (χ0) is 10.7. The number of Topliss-reactive ketones (excluding diaryl/α,β-unsaturated/α-hetero) is 1. The SMILES string of the molecule is Cc1ccc([N+](=O)[O-])cc1C(=O)CBr. The summed E-state index contributed by atoms with van der Waals surface area (Å²) in [6, 6.07) is 4.27. The van der Waals surface area contributed by atoms with Crippen molar-refractivity contribution in [2.45, 2.75) is 6.92 Å². The molecule has 0 radical (unpaired) electrons. The van der Waals surface area contributed by atoms with Crippen molar-refractivity contribution in [3.05, 3.63) is 39.4 Å². The van der Waals surface area contributed by atoms with Crippen LogP contribution >= 0.6 is 15.9 Å². The quantitative estimate of drug-likeness (QED) is 0.362. The molecule has 0 heterocycles. The van der Waals surface area contributed by atoms with Gasteiger partial charge in [-0.3, -0.25) is 14.9 Å². The van der Waals surface area contributed by atoms with E-state index in [-0.39, 0.29) is 16.8 Å². The smallest absolute Gasteiger partial charge is 0.270 e. The van der Waals surface area contributed by atoms with E-state index in [0.717, 1.165) is 5.56 Å². The minimum atomic E-state index is -0.509. The predicted octanol–water partition coefficient (Wildman–Crippen LogP) is 2.48. The number of hydrogen-bond donors (Lipinski definition) is 0. The Hall–Kier alpha value is -1.23. The van der Waals surface area contributed by atoms with Gasteiger partial charge < -0.3 is 0 Å². The van der Waals surface area contributed by atoms with Crippen molar-refractivity contribution < 1.29 is 9.72 Å². The number of carbonyl (C=O) groups is 1. The number of rotatable bonds is 3. The zero-order valence-electron chi connectivity index (χ0n) is 7.49. The number of non-ortho nitro benzene ring substituents is 1. The number of halogens is 1. The maximum absolute atomic E-state index is 11.3. The first-order valence-electron chi connectivity index (χ1n) is 3.90. The van der Waals surface area contributed by atoms with Crippen LogP contribution in [0, 0.1) is 17.0 Å². The predicted molar refractivity (Wildman–Crippen MR) is 56.0 cm³/mol. The van der Waals surface area contributed by atoms with E-state index in [9.17, 15) is 14.9 Å². The summed E-state index contributed by atoms with van der Waals surface area (Å²) in [6.45, 7) is 1.75. The van der Waals surface area contributed by atoms with Crippen molar-refractivity contribution in [3.8, 4) is 0 Å². The number of nitro groups is 1. The van der Waals surface area contributed by atoms with Crippen LogP contribution in [0.5, 0.6) is 0 Å². The number of nitro benzene ring substituents is 1. The molecule has 0 fully saturated rings. The van der Waals surface area contributed by atoms with Crippen LogP contribution < -0.4 is 0 Å². The summed E-state index contributed by atoms with van der Waals surface area (Å²) in [4.78, 5) is 21.3. The van der Waals surface area contributed by atoms with Crippen molar-refractivity contribution in [1.29, 1.82) is 0 Å². The Morgan fingerprint density at radius 2 is 2.21 bits per heavy atom. The average molecular weight is 258 g/mol. The second-order valence-corrected chi connectivity index (χ2v) is 3.37. The summed E-state index contributed by atoms with van der Waals surface area (Å²) in [5.41, 5.74) is 1.09. The van der Waals surface area contributed by atoms with E-state index in [0.29, 0.717) is 5.56 Å². The lowest BCUT2D eigenvalue weighted by Gasteiger charge is -2.01. The van der Waals surface area contributed by atoms with E-state index in [1.807, 2.05) is 0 Å². The third-order valence-corrected chi connectivity index (χ3v) is 2.36. The highest BCUT2D eigenvalue weighted by atomic mass is 79.9. The lowest BCUT2D eigenvalue weighted by Crippen LogP contribution is -2.03. The first-order chi connectivity index (χ1) is 6.56. The molecule has 5 heteroatoms. The molecule has 0 spiro atoms. The van der Waals surface area contributed by atoms with Crippen LogP contribution in [0.25, 0.3) is 0 Å². The second kappa shape index (κ2) is 4.32. The Balaban J connectivity index is 3.21. The van der Waals surface area contributed by atoms with Gasteiger partial charge >= 0.3 is 0 Å². The molecule has 0 aromatic heterocycles. The number of carbonyl (C=O) groups excluding carboxylic acids is 1. The number of aryl methyl sites for hydroxylation is 1. The molecule has 0 saturated heterocycles. The summed E-state index contributed by atoms with van der Waals surface area (Å²) >= 11 is 3.03. The first-order valence-corrected chi connectivity index (χ1v) is 5.02. The second-order valence-electron chi connectivity index (χ2n) is 2.81. The first kappa shape index (κ1) is 10.8. The lowest BCUT2D eigenvalue weighted by molar-refractivity contribution is -0.384. The third kappa shape index (κ3) is 2.17. The van der Waals surface area contributed by atoms with E-state index in [4.69, 9.17) is 0 Å². The van der Waals surface area contributed by atoms with Gasteiger partial charge in [-0.25, -0.2) is 0 Å². The van der Waals surface area contributed by atoms with Gasteiger partial charge in [0, 0.05) is 17.7 Å². The largest absolute Gasteiger partial charge is 0.293 e. The Kier molecular flexibility index (Phi) is 3.35. The van der Waals surface area contributed by atoms with Crippen molar-refractivity contribution in [2.24, 2.45) is 0 Å². The average Bonchev–Trinajstić information content (AvgIpc) is 2.17. The molecule has 0 aliphatic carbocycles. The number of ketones is 1. The van der Waals surface area contributed by atoms with E-state index in [1.165, 1.54) is 12.1 Å². The van der Waals surface area contributed by atoms with Crippen molar-refractivity contribution in [3.63, 3.8) is 0 Å². The monoisotopic (exact) mass is 257 g/mol. The van der Waals surface area contributed by atoms with Crippen LogP contribution in [0.2, 0.25) is 0 Å². The molecule has 0 unspecified atom stereocenters. The summed E-state index contributed by atoms with van der Waals surface area (Å²) in [7, 11) is 0. The van der Waals surface area contributed by atoms with Crippen LogP contribution in [0.3, 0.4) is 0 Å². The molecule has 0 bridgehead atoms. The molecule has 0 aliphatic heterocycles. The van der Waals surface area contributed by atoms with E-state index in [1.54, 1.807) is 13.0 Å². The van der Waals surface area contributed by atoms with Gasteiger partial charge in [0.15, 0.2) is 5.78 Å². The van der Waals surface area contributed by atoms with Gasteiger partial charge in [-0.05, 0) is 12.5 Å². The van der Waals surface area contributed by atoms with Crippen LogP contribution in [0.15, 0.2) is 18.2 Å². The van der Waals surface area contributed by atoms with Crippen LogP contribution in [-0.4, -0.2) is 16.0 Å². The summed E-state index contributed by atoms with van der Waals surface area (Å²) in [5, 5.41) is 10.6. The molecule has 0 saturated carbocycles. The van der Waals surface area contributed by atoms with E-state index in [2.05, 4.69) is 15.9 Å². The highest BCUT2D eigenvalue weighted by Crippen LogP contribution is 2.18. The Labute approximate surface area is 89.2 Å². The fraction of sp³-hybridized carbons (Fsp3) is 0.222. The number of hydrogen-bond acceptors (Lipinski definition) is 3. The minimum absolute atomic E-state index is 0.0556. The van der Waals surface area contributed by atoms with E-state index < -0.39 is 4.92 Å². The highest BCUT2D eigenvalue weighted by molar-refractivity contribution is 9.09. The molecule has 1 aromatic rings. The number of alkyl halides is 1. The third-order valence-electron chi connectivity index (χ3n) is 1.85. The summed E-state index contributed by atoms with van der Waals surface area (Å²) < 4.78 is 0. The molecular formula is C9H8BrNO3. The van der Waals surface area contributed by atoms with Gasteiger partial charge in [0.2, 0.25) is 0 Å². The maximum Gasteiger partial charge on any atom is 0.270 e. The zero-order valence-corrected chi connectivity index (χ0v) is 9.08. The highest BCUT2D eigenvalue weighted by Gasteiger charge is 2.13. The molecule has 1 aromatic carbocycles. The van der Waals surface area contributed by atoms with E-state index >= 15 is 0 Å². The molecule has 0 N–H and O–H groups in total. The van der Waals surface area contributed by atoms with Gasteiger partial charge in [0.1, 0.15) is 0 Å². The fourth-order valence-corrected chi connectivity index (χ4v) is 1.40. The fourth-order valence-electron chi connectivity index (χ4n) is 1.10. The van der Waals surface area contributed by atoms with Gasteiger partial charge in [-0.2, -0.15) is 0 Å².